The van der Waals surface area contributed by atoms with Crippen molar-refractivity contribution in [3.05, 3.63) is 51.1 Å². The van der Waals surface area contributed by atoms with Crippen LogP contribution in [0.15, 0.2) is 34.9 Å². The van der Waals surface area contributed by atoms with E-state index in [2.05, 4.69) is 31.5 Å². The van der Waals surface area contributed by atoms with Crippen LogP contribution in [-0.4, -0.2) is 17.4 Å². The highest BCUT2D eigenvalue weighted by Crippen LogP contribution is 2.29. The minimum absolute atomic E-state index is 0.230. The first-order valence-corrected chi connectivity index (χ1v) is 7.65. The predicted octanol–water partition coefficient (Wildman–Crippen LogP) is 4.49. The highest BCUT2D eigenvalue weighted by atomic mass is 79.9. The number of halogens is 2. The summed E-state index contributed by atoms with van der Waals surface area (Å²) in [6.45, 7) is 4.68. The summed E-state index contributed by atoms with van der Waals surface area (Å²) in [5.41, 5.74) is 2.06. The van der Waals surface area contributed by atoms with E-state index in [0.29, 0.717) is 16.3 Å². The number of aryl methyl sites for hydroxylation is 1. The molecule has 0 atom stereocenters. The zero-order chi connectivity index (χ0) is 15.4. The summed E-state index contributed by atoms with van der Waals surface area (Å²) < 4.78 is 0.787. The highest BCUT2D eigenvalue weighted by Gasteiger charge is 2.10. The van der Waals surface area contributed by atoms with Crippen LogP contribution in [0.4, 0.5) is 11.5 Å². The largest absolute Gasteiger partial charge is 0.370 e. The molecule has 2 rings (SSSR count). The van der Waals surface area contributed by atoms with E-state index in [1.165, 1.54) is 6.20 Å². The Morgan fingerprint density at radius 3 is 2.76 bits per heavy atom. The van der Waals surface area contributed by atoms with Crippen molar-refractivity contribution in [1.29, 1.82) is 0 Å². The van der Waals surface area contributed by atoms with E-state index in [1.807, 2.05) is 19.9 Å². The molecular weight excluding hydrogens is 354 g/mol. The summed E-state index contributed by atoms with van der Waals surface area (Å²) in [6.07, 6.45) is 1.54. The van der Waals surface area contributed by atoms with Gasteiger partial charge in [0.25, 0.3) is 5.91 Å². The molecule has 0 saturated carbocycles. The third-order valence-electron chi connectivity index (χ3n) is 2.88. The van der Waals surface area contributed by atoms with Crippen molar-refractivity contribution >= 4 is 44.9 Å². The van der Waals surface area contributed by atoms with Gasteiger partial charge in [0.1, 0.15) is 5.82 Å². The van der Waals surface area contributed by atoms with Crippen LogP contribution in [0.2, 0.25) is 5.02 Å². The Morgan fingerprint density at radius 1 is 1.38 bits per heavy atom. The van der Waals surface area contributed by atoms with Crippen LogP contribution in [-0.2, 0) is 0 Å². The molecule has 4 nitrogen and oxygen atoms in total. The molecule has 0 aliphatic heterocycles. The van der Waals surface area contributed by atoms with Crippen LogP contribution >= 0.6 is 27.5 Å². The van der Waals surface area contributed by atoms with Gasteiger partial charge in [-0.2, -0.15) is 0 Å². The molecule has 2 N–H and O–H groups in total. The van der Waals surface area contributed by atoms with Gasteiger partial charge in [0.2, 0.25) is 0 Å². The fraction of sp³-hybridized carbons (Fsp3) is 0.200. The Labute approximate surface area is 137 Å². The van der Waals surface area contributed by atoms with Crippen LogP contribution in [0, 0.1) is 6.92 Å². The zero-order valence-corrected chi connectivity index (χ0v) is 14.0. The molecule has 0 saturated heterocycles. The first kappa shape index (κ1) is 15.8. The van der Waals surface area contributed by atoms with E-state index in [-0.39, 0.29) is 5.91 Å². The van der Waals surface area contributed by atoms with Gasteiger partial charge in [-0.1, -0.05) is 11.6 Å². The molecule has 0 aliphatic carbocycles. The number of amides is 1. The number of hydrogen-bond acceptors (Lipinski definition) is 3. The monoisotopic (exact) mass is 367 g/mol. The molecule has 0 radical (unpaired) electrons. The number of hydrogen-bond donors (Lipinski definition) is 2. The van der Waals surface area contributed by atoms with Gasteiger partial charge in [-0.25, -0.2) is 4.98 Å². The minimum Gasteiger partial charge on any atom is -0.370 e. The summed E-state index contributed by atoms with van der Waals surface area (Å²) in [4.78, 5) is 16.4. The smallest absolute Gasteiger partial charge is 0.257 e. The number of rotatable bonds is 4. The Bertz CT molecular complexity index is 659. The Morgan fingerprint density at radius 2 is 2.14 bits per heavy atom. The Hall–Kier alpha value is -1.59. The number of carbonyl (C=O) groups excluding carboxylic acids is 1. The van der Waals surface area contributed by atoms with Crippen molar-refractivity contribution < 1.29 is 4.79 Å². The van der Waals surface area contributed by atoms with Crippen molar-refractivity contribution in [3.63, 3.8) is 0 Å². The molecule has 0 spiro atoms. The molecule has 1 heterocycles. The van der Waals surface area contributed by atoms with Gasteiger partial charge < -0.3 is 10.6 Å². The molecule has 2 aromatic rings. The first-order valence-electron chi connectivity index (χ1n) is 6.48. The summed E-state index contributed by atoms with van der Waals surface area (Å²) in [5.74, 6) is 0.514. The lowest BCUT2D eigenvalue weighted by Crippen LogP contribution is -2.13. The number of anilines is 2. The van der Waals surface area contributed by atoms with E-state index >= 15 is 0 Å². The minimum atomic E-state index is -0.230. The second kappa shape index (κ2) is 6.91. The van der Waals surface area contributed by atoms with Crippen LogP contribution in [0.25, 0.3) is 0 Å². The second-order valence-corrected chi connectivity index (χ2v) is 5.76. The highest BCUT2D eigenvalue weighted by molar-refractivity contribution is 9.10. The number of aromatic nitrogens is 1. The van der Waals surface area contributed by atoms with E-state index in [4.69, 9.17) is 11.6 Å². The van der Waals surface area contributed by atoms with E-state index < -0.39 is 0 Å². The Balaban J connectivity index is 2.16. The predicted molar refractivity (Wildman–Crippen MR) is 90.2 cm³/mol. The number of carbonyl (C=O) groups is 1. The normalized spacial score (nSPS) is 10.3. The van der Waals surface area contributed by atoms with Gasteiger partial charge in [0.05, 0.1) is 11.3 Å². The van der Waals surface area contributed by atoms with Crippen molar-refractivity contribution in [1.82, 2.24) is 4.98 Å². The zero-order valence-electron chi connectivity index (χ0n) is 11.7. The second-order valence-electron chi connectivity index (χ2n) is 4.50. The molecule has 0 aliphatic rings. The van der Waals surface area contributed by atoms with Crippen LogP contribution < -0.4 is 10.6 Å². The maximum atomic E-state index is 12.2. The van der Waals surface area contributed by atoms with Gasteiger partial charge >= 0.3 is 0 Å². The van der Waals surface area contributed by atoms with Crippen LogP contribution in [0.1, 0.15) is 22.8 Å². The van der Waals surface area contributed by atoms with Crippen molar-refractivity contribution in [2.45, 2.75) is 13.8 Å². The van der Waals surface area contributed by atoms with Crippen molar-refractivity contribution in [2.24, 2.45) is 0 Å². The van der Waals surface area contributed by atoms with Gasteiger partial charge in [-0.05, 0) is 59.6 Å². The lowest BCUT2D eigenvalue weighted by Gasteiger charge is -2.10. The molecule has 0 fully saturated rings. The maximum Gasteiger partial charge on any atom is 0.257 e. The van der Waals surface area contributed by atoms with Crippen LogP contribution in [0.5, 0.6) is 0 Å². The van der Waals surface area contributed by atoms with Gasteiger partial charge in [0, 0.05) is 22.2 Å². The summed E-state index contributed by atoms with van der Waals surface area (Å²) in [7, 11) is 0. The molecule has 0 bridgehead atoms. The SMILES string of the molecule is CCNc1ccc(C(=O)Nc2cc(Cl)c(C)cc2Br)cn1. The summed E-state index contributed by atoms with van der Waals surface area (Å²) >= 11 is 9.49. The molecular formula is C15H15BrClN3O. The molecule has 1 amide bonds. The fourth-order valence-corrected chi connectivity index (χ4v) is 2.47. The van der Waals surface area contributed by atoms with Crippen molar-refractivity contribution in [2.75, 3.05) is 17.2 Å². The fourth-order valence-electron chi connectivity index (χ4n) is 1.75. The summed E-state index contributed by atoms with van der Waals surface area (Å²) in [5, 5.41) is 6.50. The third kappa shape index (κ3) is 3.95. The summed E-state index contributed by atoms with van der Waals surface area (Å²) in [6, 6.07) is 7.09. The van der Waals surface area contributed by atoms with Gasteiger partial charge in [0.15, 0.2) is 0 Å². The molecule has 1 aromatic heterocycles. The average Bonchev–Trinajstić information content (AvgIpc) is 2.46. The van der Waals surface area contributed by atoms with E-state index in [9.17, 15) is 4.79 Å². The lowest BCUT2D eigenvalue weighted by molar-refractivity contribution is 0.102. The first-order chi connectivity index (χ1) is 10.0. The standard InChI is InChI=1S/C15H15BrClN3O/c1-3-18-14-5-4-10(8-19-14)15(21)20-13-7-12(17)9(2)6-11(13)16/h4-8H,3H2,1-2H3,(H,18,19)(H,20,21). The molecule has 0 unspecified atom stereocenters. The number of nitrogens with one attached hydrogen (secondary N) is 2. The molecule has 1 aromatic carbocycles. The van der Waals surface area contributed by atoms with Gasteiger partial charge in [-0.15, -0.1) is 0 Å². The van der Waals surface area contributed by atoms with Crippen LogP contribution in [0.3, 0.4) is 0 Å². The van der Waals surface area contributed by atoms with E-state index in [1.54, 1.807) is 18.2 Å². The molecule has 6 heteroatoms. The quantitative estimate of drug-likeness (QED) is 0.836. The van der Waals surface area contributed by atoms with Crippen molar-refractivity contribution in [3.8, 4) is 0 Å². The topological polar surface area (TPSA) is 54.0 Å². The third-order valence-corrected chi connectivity index (χ3v) is 3.94. The number of benzene rings is 1. The lowest BCUT2D eigenvalue weighted by atomic mass is 10.2. The molecule has 110 valence electrons. The average molecular weight is 369 g/mol. The maximum absolute atomic E-state index is 12.2. The number of nitrogens with zero attached hydrogens (tertiary/aromatic N) is 1. The number of pyridine rings is 1. The van der Waals surface area contributed by atoms with Gasteiger partial charge in [-0.3, -0.25) is 4.79 Å². The molecule has 21 heavy (non-hydrogen) atoms. The van der Waals surface area contributed by atoms with E-state index in [0.717, 1.165) is 22.4 Å². The Kier molecular flexibility index (Phi) is 5.20.